The Balaban J connectivity index is 1.98. The molecule has 1 unspecified atom stereocenters. The quantitative estimate of drug-likeness (QED) is 0.843. The van der Waals surface area contributed by atoms with Crippen LogP contribution in [0.1, 0.15) is 51.2 Å². The maximum atomic E-state index is 13.0. The summed E-state index contributed by atoms with van der Waals surface area (Å²) in [5.41, 5.74) is 2.98. The summed E-state index contributed by atoms with van der Waals surface area (Å²) in [5.74, 6) is 0.0985. The van der Waals surface area contributed by atoms with Gasteiger partial charge in [-0.25, -0.2) is 0 Å². The van der Waals surface area contributed by atoms with E-state index in [9.17, 15) is 9.59 Å². The first-order valence-electron chi connectivity index (χ1n) is 9.73. The number of nitrogens with zero attached hydrogens (tertiary/aromatic N) is 1. The van der Waals surface area contributed by atoms with E-state index >= 15 is 0 Å². The summed E-state index contributed by atoms with van der Waals surface area (Å²) < 4.78 is 0. The number of likely N-dealkylation sites (tertiary alicyclic amines) is 1. The summed E-state index contributed by atoms with van der Waals surface area (Å²) in [7, 11) is 1.92. The van der Waals surface area contributed by atoms with Crippen LogP contribution in [-0.4, -0.2) is 48.4 Å². The minimum Gasteiger partial charge on any atom is -0.332 e. The lowest BCUT2D eigenvalue weighted by Crippen LogP contribution is -3.15. The Morgan fingerprint density at radius 2 is 1.73 bits per heavy atom. The number of carbonyl (C=O) groups excluding carboxylic acids is 2. The molecule has 4 atom stereocenters. The molecular weight excluding hydrogens is 326 g/mol. The van der Waals surface area contributed by atoms with E-state index in [-0.39, 0.29) is 36.5 Å². The molecule has 144 valence electrons. The number of quaternary nitrogens is 1. The molecule has 2 rings (SSSR count). The fourth-order valence-corrected chi connectivity index (χ4v) is 3.89. The second-order valence-electron chi connectivity index (χ2n) is 7.93. The van der Waals surface area contributed by atoms with E-state index in [0.29, 0.717) is 0 Å². The Kier molecular flexibility index (Phi) is 6.81. The van der Waals surface area contributed by atoms with Crippen LogP contribution >= 0.6 is 0 Å². The zero-order valence-corrected chi connectivity index (χ0v) is 17.1. The van der Waals surface area contributed by atoms with Gasteiger partial charge in [0, 0.05) is 17.8 Å². The Morgan fingerprint density at radius 3 is 2.27 bits per heavy atom. The van der Waals surface area contributed by atoms with Gasteiger partial charge < -0.3 is 15.1 Å². The van der Waals surface area contributed by atoms with Gasteiger partial charge >= 0.3 is 0 Å². The Bertz CT molecular complexity index is 628. The van der Waals surface area contributed by atoms with Gasteiger partial charge in [0.15, 0.2) is 12.6 Å². The number of benzene rings is 1. The average molecular weight is 361 g/mol. The van der Waals surface area contributed by atoms with Gasteiger partial charge in [0.05, 0.1) is 7.05 Å². The normalized spacial score (nSPS) is 22.6. The predicted molar refractivity (Wildman–Crippen MR) is 105 cm³/mol. The highest BCUT2D eigenvalue weighted by Gasteiger charge is 2.35. The van der Waals surface area contributed by atoms with Crippen LogP contribution < -0.4 is 10.2 Å². The van der Waals surface area contributed by atoms with Crippen LogP contribution in [0.3, 0.4) is 0 Å². The van der Waals surface area contributed by atoms with Gasteiger partial charge in [-0.15, -0.1) is 0 Å². The average Bonchev–Trinajstić information content (AvgIpc) is 2.57. The number of nitrogens with one attached hydrogen (secondary N) is 2. The summed E-state index contributed by atoms with van der Waals surface area (Å²) in [6, 6.07) is 6.30. The second-order valence-corrected chi connectivity index (χ2v) is 7.93. The SMILES string of the molecule is Cc1cccc(C)c1NC(=O)C[NH+](C)[C@@H](C)C(=O)N1[C@H](C)CCC[C@@H]1C. The molecule has 2 amide bonds. The van der Waals surface area contributed by atoms with E-state index < -0.39 is 0 Å². The van der Waals surface area contributed by atoms with Gasteiger partial charge in [0.25, 0.3) is 11.8 Å². The highest BCUT2D eigenvalue weighted by Crippen LogP contribution is 2.23. The molecule has 26 heavy (non-hydrogen) atoms. The third kappa shape index (κ3) is 4.64. The van der Waals surface area contributed by atoms with Crippen LogP contribution in [0.15, 0.2) is 18.2 Å². The van der Waals surface area contributed by atoms with Gasteiger partial charge in [-0.3, -0.25) is 9.59 Å². The number of hydrogen-bond acceptors (Lipinski definition) is 2. The van der Waals surface area contributed by atoms with Gasteiger partial charge in [-0.2, -0.15) is 0 Å². The van der Waals surface area contributed by atoms with Gasteiger partial charge in [-0.1, -0.05) is 18.2 Å². The number of hydrogen-bond donors (Lipinski definition) is 2. The number of likely N-dealkylation sites (N-methyl/N-ethyl adjacent to an activating group) is 1. The molecule has 0 aliphatic carbocycles. The number of anilines is 1. The largest absolute Gasteiger partial charge is 0.332 e. The first-order valence-corrected chi connectivity index (χ1v) is 9.73. The van der Waals surface area contributed by atoms with Crippen LogP contribution in [0.5, 0.6) is 0 Å². The smallest absolute Gasteiger partial charge is 0.281 e. The molecule has 5 heteroatoms. The van der Waals surface area contributed by atoms with E-state index in [1.807, 2.05) is 50.9 Å². The van der Waals surface area contributed by atoms with E-state index in [1.54, 1.807) is 0 Å². The number of rotatable bonds is 5. The van der Waals surface area contributed by atoms with Crippen molar-refractivity contribution in [1.29, 1.82) is 0 Å². The van der Waals surface area contributed by atoms with Gasteiger partial charge in [0.1, 0.15) is 0 Å². The number of para-hydroxylation sites is 1. The molecule has 1 saturated heterocycles. The third-order valence-electron chi connectivity index (χ3n) is 5.74. The number of amides is 2. The van der Waals surface area contributed by atoms with Crippen molar-refractivity contribution >= 4 is 17.5 Å². The zero-order chi connectivity index (χ0) is 19.4. The highest BCUT2D eigenvalue weighted by atomic mass is 16.2. The lowest BCUT2D eigenvalue weighted by molar-refractivity contribution is -0.886. The first kappa shape index (κ1) is 20.4. The maximum absolute atomic E-state index is 13.0. The Hall–Kier alpha value is -1.88. The van der Waals surface area contributed by atoms with Crippen molar-refractivity contribution in [3.8, 4) is 0 Å². The summed E-state index contributed by atoms with van der Waals surface area (Å²) in [6.45, 7) is 10.4. The van der Waals surface area contributed by atoms with Crippen molar-refractivity contribution in [2.24, 2.45) is 0 Å². The van der Waals surface area contributed by atoms with E-state index in [0.717, 1.165) is 34.6 Å². The van der Waals surface area contributed by atoms with Crippen LogP contribution in [0.4, 0.5) is 5.69 Å². The molecule has 0 saturated carbocycles. The molecule has 1 aromatic rings. The molecule has 0 aromatic heterocycles. The van der Waals surface area contributed by atoms with Crippen molar-refractivity contribution in [3.63, 3.8) is 0 Å². The fourth-order valence-electron chi connectivity index (χ4n) is 3.89. The Morgan fingerprint density at radius 1 is 1.19 bits per heavy atom. The molecule has 1 fully saturated rings. The minimum absolute atomic E-state index is 0.0562. The molecule has 0 spiro atoms. The lowest BCUT2D eigenvalue weighted by Gasteiger charge is -2.40. The van der Waals surface area contributed by atoms with Crippen molar-refractivity contribution in [3.05, 3.63) is 29.3 Å². The molecule has 0 radical (unpaired) electrons. The van der Waals surface area contributed by atoms with Crippen LogP contribution in [0.2, 0.25) is 0 Å². The van der Waals surface area contributed by atoms with E-state index in [1.165, 1.54) is 6.42 Å². The number of carbonyl (C=O) groups is 2. The first-order chi connectivity index (χ1) is 12.2. The van der Waals surface area contributed by atoms with Crippen molar-refractivity contribution in [2.75, 3.05) is 18.9 Å². The highest BCUT2D eigenvalue weighted by molar-refractivity contribution is 5.93. The van der Waals surface area contributed by atoms with Crippen LogP contribution in [-0.2, 0) is 9.59 Å². The fraction of sp³-hybridized carbons (Fsp3) is 0.619. The van der Waals surface area contributed by atoms with E-state index in [4.69, 9.17) is 0 Å². The molecule has 2 N–H and O–H groups in total. The zero-order valence-electron chi connectivity index (χ0n) is 17.1. The minimum atomic E-state index is -0.235. The topological polar surface area (TPSA) is 53.9 Å². The molecule has 0 bridgehead atoms. The Labute approximate surface area is 157 Å². The van der Waals surface area contributed by atoms with Crippen LogP contribution in [0, 0.1) is 13.8 Å². The molecule has 5 nitrogen and oxygen atoms in total. The summed E-state index contributed by atoms with van der Waals surface area (Å²) in [5, 5.41) is 3.02. The second kappa shape index (κ2) is 8.67. The van der Waals surface area contributed by atoms with Crippen molar-refractivity contribution < 1.29 is 14.5 Å². The van der Waals surface area contributed by atoms with Crippen LogP contribution in [0.25, 0.3) is 0 Å². The maximum Gasteiger partial charge on any atom is 0.281 e. The monoisotopic (exact) mass is 360 g/mol. The molecule has 1 aliphatic rings. The summed E-state index contributed by atoms with van der Waals surface area (Å²) in [6.07, 6.45) is 3.31. The molecule has 1 aliphatic heterocycles. The summed E-state index contributed by atoms with van der Waals surface area (Å²) in [4.78, 5) is 28.4. The lowest BCUT2D eigenvalue weighted by atomic mass is 9.96. The number of aryl methyl sites for hydroxylation is 2. The van der Waals surface area contributed by atoms with Gasteiger partial charge in [0.2, 0.25) is 0 Å². The third-order valence-corrected chi connectivity index (χ3v) is 5.74. The molecular formula is C21H34N3O2+. The van der Waals surface area contributed by atoms with E-state index in [2.05, 4.69) is 19.2 Å². The summed E-state index contributed by atoms with van der Waals surface area (Å²) >= 11 is 0. The van der Waals surface area contributed by atoms with Gasteiger partial charge in [-0.05, 0) is 65.0 Å². The predicted octanol–water partition coefficient (Wildman–Crippen LogP) is 1.93. The molecule has 1 aromatic carbocycles. The van der Waals surface area contributed by atoms with Crippen molar-refractivity contribution in [1.82, 2.24) is 4.90 Å². The molecule has 1 heterocycles. The standard InChI is InChI=1S/C21H33N3O2/c1-14-9-7-10-15(2)20(14)22-19(25)13-23(6)18(5)21(26)24-16(3)11-8-12-17(24)4/h7,9-10,16-18H,8,11-13H2,1-6H3,(H,22,25)/p+1/t16-,17+,18-/m0/s1. The van der Waals surface area contributed by atoms with Crippen molar-refractivity contribution in [2.45, 2.75) is 72.0 Å². The number of piperidine rings is 1.